The molecule has 0 amide bonds. The van der Waals surface area contributed by atoms with Crippen LogP contribution in [-0.2, 0) is 0 Å². The van der Waals surface area contributed by atoms with Crippen molar-refractivity contribution < 1.29 is 9.15 Å². The first-order chi connectivity index (χ1) is 17.0. The molecule has 4 rings (SSSR count). The second-order valence-electron chi connectivity index (χ2n) is 7.95. The zero-order valence-electron chi connectivity index (χ0n) is 20.4. The highest BCUT2D eigenvalue weighted by atomic mass is 16.5. The van der Waals surface area contributed by atoms with Gasteiger partial charge >= 0.3 is 11.6 Å². The fraction of sp³-hybridized carbons (Fsp3) is 0.308. The fourth-order valence-electron chi connectivity index (χ4n) is 3.97. The molecule has 2 heterocycles. The second-order valence-corrected chi connectivity index (χ2v) is 7.95. The van der Waals surface area contributed by atoms with Crippen molar-refractivity contribution in [2.75, 3.05) is 30.8 Å². The van der Waals surface area contributed by atoms with Gasteiger partial charge in [0.05, 0.1) is 18.8 Å². The zero-order valence-corrected chi connectivity index (χ0v) is 20.4. The van der Waals surface area contributed by atoms with Crippen LogP contribution in [0.2, 0.25) is 0 Å². The Morgan fingerprint density at radius 3 is 2.40 bits per heavy atom. The summed E-state index contributed by atoms with van der Waals surface area (Å²) in [6.07, 6.45) is 0.964. The van der Waals surface area contributed by atoms with E-state index in [0.717, 1.165) is 30.5 Å². The lowest BCUT2D eigenvalue weighted by molar-refractivity contribution is 0.232. The van der Waals surface area contributed by atoms with Crippen LogP contribution in [0.5, 0.6) is 6.01 Å². The molecule has 2 N–H and O–H groups in total. The summed E-state index contributed by atoms with van der Waals surface area (Å²) in [6, 6.07) is 17.0. The Morgan fingerprint density at radius 1 is 0.971 bits per heavy atom. The van der Waals surface area contributed by atoms with Crippen LogP contribution in [-0.4, -0.2) is 46.2 Å². The molecule has 0 radical (unpaired) electrons. The summed E-state index contributed by atoms with van der Waals surface area (Å²) < 4.78 is 10.9. The third-order valence-corrected chi connectivity index (χ3v) is 5.81. The standard InChI is InChI=1S/C26H30N6O3/c1-5-22(32(6-2)7-3)28-25-29-24(30-26(31-25)34-4)27-19-14-13-18-15-20(17-11-9-8-10-12-17)23(33)35-21(18)16-19/h8-16,22H,5-7H2,1-4H3,(H2,27,28,29,30,31). The highest BCUT2D eigenvalue weighted by molar-refractivity contribution is 5.84. The number of nitrogens with zero attached hydrogens (tertiary/aromatic N) is 4. The molecule has 0 aliphatic heterocycles. The molecule has 9 nitrogen and oxygen atoms in total. The maximum absolute atomic E-state index is 12.6. The first-order valence-electron chi connectivity index (χ1n) is 11.8. The lowest BCUT2D eigenvalue weighted by Crippen LogP contribution is -2.40. The summed E-state index contributed by atoms with van der Waals surface area (Å²) >= 11 is 0. The number of hydrogen-bond donors (Lipinski definition) is 2. The van der Waals surface area contributed by atoms with Crippen molar-refractivity contribution >= 4 is 28.6 Å². The van der Waals surface area contributed by atoms with Gasteiger partial charge in [0, 0.05) is 17.1 Å². The Morgan fingerprint density at radius 2 is 1.71 bits per heavy atom. The van der Waals surface area contributed by atoms with Crippen LogP contribution in [0.15, 0.2) is 63.8 Å². The van der Waals surface area contributed by atoms with Crippen molar-refractivity contribution in [3.05, 3.63) is 65.0 Å². The van der Waals surface area contributed by atoms with E-state index in [-0.39, 0.29) is 12.2 Å². The first kappa shape index (κ1) is 24.2. The normalized spacial score (nSPS) is 12.0. The summed E-state index contributed by atoms with van der Waals surface area (Å²) in [5, 5.41) is 7.36. The van der Waals surface area contributed by atoms with Gasteiger partial charge in [-0.2, -0.15) is 15.0 Å². The van der Waals surface area contributed by atoms with Crippen LogP contribution >= 0.6 is 0 Å². The number of fused-ring (bicyclic) bond motifs is 1. The third-order valence-electron chi connectivity index (χ3n) is 5.81. The van der Waals surface area contributed by atoms with E-state index in [2.05, 4.69) is 51.3 Å². The van der Waals surface area contributed by atoms with Gasteiger partial charge in [0.2, 0.25) is 11.9 Å². The Hall–Kier alpha value is -3.98. The minimum Gasteiger partial charge on any atom is -0.467 e. The molecular formula is C26H30N6O3. The van der Waals surface area contributed by atoms with Gasteiger partial charge in [-0.3, -0.25) is 4.90 Å². The number of anilines is 3. The molecule has 0 saturated carbocycles. The minimum absolute atomic E-state index is 0.0821. The number of methoxy groups -OCH3 is 1. The second kappa shape index (κ2) is 11.0. The number of ether oxygens (including phenoxy) is 1. The number of hydrogen-bond acceptors (Lipinski definition) is 9. The topological polar surface area (TPSA) is 105 Å². The Kier molecular flexibility index (Phi) is 7.57. The van der Waals surface area contributed by atoms with Gasteiger partial charge in [0.1, 0.15) is 5.58 Å². The summed E-state index contributed by atoms with van der Waals surface area (Å²) in [6.45, 7) is 8.16. The predicted octanol–water partition coefficient (Wildman–Crippen LogP) is 4.89. The largest absolute Gasteiger partial charge is 0.467 e. The average molecular weight is 475 g/mol. The summed E-state index contributed by atoms with van der Waals surface area (Å²) in [7, 11) is 1.51. The molecule has 0 saturated heterocycles. The third kappa shape index (κ3) is 5.58. The number of rotatable bonds is 10. The molecule has 4 aromatic rings. The molecule has 2 aromatic carbocycles. The van der Waals surface area contributed by atoms with Gasteiger partial charge in [-0.25, -0.2) is 4.79 Å². The highest BCUT2D eigenvalue weighted by Crippen LogP contribution is 2.25. The fourth-order valence-corrected chi connectivity index (χ4v) is 3.97. The molecule has 0 fully saturated rings. The van der Waals surface area contributed by atoms with E-state index in [1.165, 1.54) is 7.11 Å². The van der Waals surface area contributed by atoms with E-state index >= 15 is 0 Å². The van der Waals surface area contributed by atoms with E-state index in [1.54, 1.807) is 6.07 Å². The van der Waals surface area contributed by atoms with Crippen molar-refractivity contribution in [2.24, 2.45) is 0 Å². The molecule has 0 spiro atoms. The van der Waals surface area contributed by atoms with Crippen molar-refractivity contribution in [3.8, 4) is 17.1 Å². The molecule has 0 aliphatic rings. The molecule has 2 aromatic heterocycles. The maximum atomic E-state index is 12.6. The molecule has 0 aliphatic carbocycles. The van der Waals surface area contributed by atoms with Crippen LogP contribution in [0, 0.1) is 0 Å². The lowest BCUT2D eigenvalue weighted by atomic mass is 10.1. The summed E-state index contributed by atoms with van der Waals surface area (Å²) in [4.78, 5) is 28.1. The molecule has 35 heavy (non-hydrogen) atoms. The van der Waals surface area contributed by atoms with Crippen LogP contribution in [0.1, 0.15) is 27.2 Å². The van der Waals surface area contributed by atoms with E-state index in [1.807, 2.05) is 48.5 Å². The maximum Gasteiger partial charge on any atom is 0.344 e. The van der Waals surface area contributed by atoms with Gasteiger partial charge in [-0.1, -0.05) is 51.1 Å². The SMILES string of the molecule is CCC(Nc1nc(Nc2ccc3cc(-c4ccccc4)c(=O)oc3c2)nc(OC)n1)N(CC)CC. The van der Waals surface area contributed by atoms with Crippen LogP contribution in [0.3, 0.4) is 0 Å². The smallest absolute Gasteiger partial charge is 0.344 e. The predicted molar refractivity (Wildman–Crippen MR) is 138 cm³/mol. The van der Waals surface area contributed by atoms with Gasteiger partial charge in [-0.15, -0.1) is 0 Å². The quantitative estimate of drug-likeness (QED) is 0.245. The lowest BCUT2D eigenvalue weighted by Gasteiger charge is -2.29. The first-order valence-corrected chi connectivity index (χ1v) is 11.8. The van der Waals surface area contributed by atoms with Gasteiger partial charge in [-0.05, 0) is 43.3 Å². The Balaban J connectivity index is 1.61. The van der Waals surface area contributed by atoms with Gasteiger partial charge in [0.25, 0.3) is 0 Å². The highest BCUT2D eigenvalue weighted by Gasteiger charge is 2.16. The average Bonchev–Trinajstić information content (AvgIpc) is 2.88. The van der Waals surface area contributed by atoms with E-state index in [4.69, 9.17) is 9.15 Å². The van der Waals surface area contributed by atoms with Gasteiger partial charge in [0.15, 0.2) is 0 Å². The summed E-state index contributed by atoms with van der Waals surface area (Å²) in [5.74, 6) is 0.731. The van der Waals surface area contributed by atoms with Crippen LogP contribution in [0.4, 0.5) is 17.6 Å². The van der Waals surface area contributed by atoms with Crippen LogP contribution < -0.4 is 21.0 Å². The minimum atomic E-state index is -0.392. The molecule has 1 unspecified atom stereocenters. The molecule has 0 bridgehead atoms. The Bertz CT molecular complexity index is 1340. The van der Waals surface area contributed by atoms with Crippen molar-refractivity contribution in [2.45, 2.75) is 33.4 Å². The van der Waals surface area contributed by atoms with E-state index < -0.39 is 5.63 Å². The van der Waals surface area contributed by atoms with Gasteiger partial charge < -0.3 is 19.8 Å². The van der Waals surface area contributed by atoms with Crippen molar-refractivity contribution in [1.29, 1.82) is 0 Å². The molecule has 1 atom stereocenters. The Labute approximate surface area is 204 Å². The van der Waals surface area contributed by atoms with E-state index in [0.29, 0.717) is 28.7 Å². The monoisotopic (exact) mass is 474 g/mol. The van der Waals surface area contributed by atoms with Crippen molar-refractivity contribution in [1.82, 2.24) is 19.9 Å². The number of nitrogens with one attached hydrogen (secondary N) is 2. The molecular weight excluding hydrogens is 444 g/mol. The van der Waals surface area contributed by atoms with E-state index in [9.17, 15) is 4.79 Å². The number of aromatic nitrogens is 3. The number of benzene rings is 2. The van der Waals surface area contributed by atoms with Crippen LogP contribution in [0.25, 0.3) is 22.1 Å². The molecule has 182 valence electrons. The zero-order chi connectivity index (χ0) is 24.8. The summed E-state index contributed by atoms with van der Waals surface area (Å²) in [5.41, 5.74) is 2.08. The molecule has 9 heteroatoms. The van der Waals surface area contributed by atoms with Crippen molar-refractivity contribution in [3.63, 3.8) is 0 Å².